The van der Waals surface area contributed by atoms with Gasteiger partial charge in [0.05, 0.1) is 13.1 Å². The smallest absolute Gasteiger partial charge is 0.127 e. The van der Waals surface area contributed by atoms with E-state index in [4.69, 9.17) is 0 Å². The van der Waals surface area contributed by atoms with E-state index in [1.165, 1.54) is 0 Å². The van der Waals surface area contributed by atoms with Gasteiger partial charge in [-0.25, -0.2) is 0 Å². The van der Waals surface area contributed by atoms with Crippen LogP contribution in [0, 0.1) is 27.7 Å². The molecule has 0 spiro atoms. The van der Waals surface area contributed by atoms with Gasteiger partial charge in [0.15, 0.2) is 0 Å². The Kier molecular flexibility index (Phi) is 5.74. The Balaban J connectivity index is 1.99. The van der Waals surface area contributed by atoms with E-state index in [2.05, 4.69) is 9.98 Å². The summed E-state index contributed by atoms with van der Waals surface area (Å²) in [6, 6.07) is 7.72. The van der Waals surface area contributed by atoms with E-state index in [0.717, 1.165) is 33.4 Å². The predicted molar refractivity (Wildman–Crippen MR) is 100 cm³/mol. The van der Waals surface area contributed by atoms with Crippen molar-refractivity contribution in [2.24, 2.45) is 9.98 Å². The number of aryl methyl sites for hydroxylation is 4. The number of rotatable bonds is 5. The van der Waals surface area contributed by atoms with E-state index in [1.807, 2.05) is 52.0 Å². The van der Waals surface area contributed by atoms with E-state index in [9.17, 15) is 10.2 Å². The lowest BCUT2D eigenvalue weighted by atomic mass is 10.0. The molecule has 24 heavy (non-hydrogen) atoms. The summed E-state index contributed by atoms with van der Waals surface area (Å²) in [5.74, 6) is 0.560. The number of hydrogen-bond acceptors (Lipinski definition) is 4. The Labute approximate surface area is 143 Å². The van der Waals surface area contributed by atoms with Crippen LogP contribution in [0.25, 0.3) is 0 Å². The highest BCUT2D eigenvalue weighted by Crippen LogP contribution is 2.24. The van der Waals surface area contributed by atoms with Crippen molar-refractivity contribution in [3.05, 3.63) is 57.6 Å². The molecular formula is C20H24N2O2. The third-order valence-electron chi connectivity index (χ3n) is 4.07. The lowest BCUT2D eigenvalue weighted by molar-refractivity contribution is 0.469. The van der Waals surface area contributed by atoms with Crippen molar-refractivity contribution in [3.63, 3.8) is 0 Å². The molecule has 0 aliphatic heterocycles. The molecule has 0 aliphatic carbocycles. The molecule has 2 rings (SSSR count). The van der Waals surface area contributed by atoms with Gasteiger partial charge in [-0.15, -0.1) is 0 Å². The van der Waals surface area contributed by atoms with E-state index in [-0.39, 0.29) is 11.5 Å². The Morgan fingerprint density at radius 3 is 1.38 bits per heavy atom. The van der Waals surface area contributed by atoms with E-state index < -0.39 is 0 Å². The summed E-state index contributed by atoms with van der Waals surface area (Å²) in [5.41, 5.74) is 5.17. The van der Waals surface area contributed by atoms with Crippen LogP contribution in [0.3, 0.4) is 0 Å². The van der Waals surface area contributed by atoms with Crippen molar-refractivity contribution in [1.82, 2.24) is 0 Å². The topological polar surface area (TPSA) is 65.2 Å². The zero-order valence-electron chi connectivity index (χ0n) is 14.7. The Morgan fingerprint density at radius 1 is 0.667 bits per heavy atom. The van der Waals surface area contributed by atoms with Gasteiger partial charge >= 0.3 is 0 Å². The third kappa shape index (κ3) is 4.02. The standard InChI is InChI=1S/C20H24N2O2/c1-13-5-7-15(3)19(23)17(13)11-21-9-10-22-12-18-14(2)6-8-16(4)20(18)24/h5-8,11-12,23-24H,9-10H2,1-4H3. The molecule has 0 aliphatic rings. The van der Waals surface area contributed by atoms with E-state index in [1.54, 1.807) is 12.4 Å². The van der Waals surface area contributed by atoms with Crippen LogP contribution in [0.15, 0.2) is 34.3 Å². The van der Waals surface area contributed by atoms with Crippen LogP contribution in [0.1, 0.15) is 33.4 Å². The molecule has 0 fully saturated rings. The second-order valence-corrected chi connectivity index (χ2v) is 5.99. The summed E-state index contributed by atoms with van der Waals surface area (Å²) >= 11 is 0. The van der Waals surface area contributed by atoms with Gasteiger partial charge < -0.3 is 10.2 Å². The Hall–Kier alpha value is -2.62. The van der Waals surface area contributed by atoms with Gasteiger partial charge in [-0.3, -0.25) is 9.98 Å². The molecule has 0 amide bonds. The third-order valence-corrected chi connectivity index (χ3v) is 4.07. The van der Waals surface area contributed by atoms with Gasteiger partial charge in [0.2, 0.25) is 0 Å². The number of aliphatic imine (C=N–C) groups is 2. The number of hydrogen-bond donors (Lipinski definition) is 2. The fourth-order valence-electron chi connectivity index (χ4n) is 2.39. The van der Waals surface area contributed by atoms with Crippen LogP contribution < -0.4 is 0 Å². The summed E-state index contributed by atoms with van der Waals surface area (Å²) in [4.78, 5) is 8.67. The lowest BCUT2D eigenvalue weighted by Gasteiger charge is -2.06. The average Bonchev–Trinajstić information content (AvgIpc) is 2.56. The number of benzene rings is 2. The SMILES string of the molecule is Cc1ccc(C)c(C=NCCN=Cc2c(C)ccc(C)c2O)c1O. The zero-order chi connectivity index (χ0) is 17.7. The molecule has 0 bridgehead atoms. The van der Waals surface area contributed by atoms with E-state index >= 15 is 0 Å². The molecular weight excluding hydrogens is 300 g/mol. The van der Waals surface area contributed by atoms with Crippen molar-refractivity contribution < 1.29 is 10.2 Å². The fourth-order valence-corrected chi connectivity index (χ4v) is 2.39. The predicted octanol–water partition coefficient (Wildman–Crippen LogP) is 3.87. The highest BCUT2D eigenvalue weighted by molar-refractivity contribution is 5.87. The Bertz CT molecular complexity index is 725. The van der Waals surface area contributed by atoms with Gasteiger partial charge in [0.25, 0.3) is 0 Å². The van der Waals surface area contributed by atoms with Crippen LogP contribution in [0.4, 0.5) is 0 Å². The van der Waals surface area contributed by atoms with Gasteiger partial charge in [-0.05, 0) is 49.9 Å². The Morgan fingerprint density at radius 2 is 1.00 bits per heavy atom. The number of nitrogens with zero attached hydrogens (tertiary/aromatic N) is 2. The number of phenols is 2. The molecule has 0 saturated carbocycles. The first kappa shape index (κ1) is 17.7. The van der Waals surface area contributed by atoms with Gasteiger partial charge in [-0.1, -0.05) is 24.3 Å². The molecule has 4 heteroatoms. The molecule has 4 nitrogen and oxygen atoms in total. The first-order valence-electron chi connectivity index (χ1n) is 7.99. The molecule has 0 atom stereocenters. The maximum atomic E-state index is 10.1. The quantitative estimate of drug-likeness (QED) is 0.648. The van der Waals surface area contributed by atoms with Crippen molar-refractivity contribution in [2.45, 2.75) is 27.7 Å². The normalized spacial score (nSPS) is 11.7. The molecule has 0 aromatic heterocycles. The minimum atomic E-state index is 0.280. The first-order valence-corrected chi connectivity index (χ1v) is 7.99. The minimum absolute atomic E-state index is 0.280. The fraction of sp³-hybridized carbons (Fsp3) is 0.300. The summed E-state index contributed by atoms with van der Waals surface area (Å²) < 4.78 is 0. The van der Waals surface area contributed by atoms with Crippen LogP contribution in [0.2, 0.25) is 0 Å². The second kappa shape index (κ2) is 7.77. The van der Waals surface area contributed by atoms with Crippen molar-refractivity contribution >= 4 is 12.4 Å². The maximum Gasteiger partial charge on any atom is 0.127 e. The molecule has 0 radical (unpaired) electrons. The summed E-state index contributed by atoms with van der Waals surface area (Å²) in [6.07, 6.45) is 3.39. The van der Waals surface area contributed by atoms with Crippen molar-refractivity contribution in [1.29, 1.82) is 0 Å². The maximum absolute atomic E-state index is 10.1. The van der Waals surface area contributed by atoms with Crippen LogP contribution in [0.5, 0.6) is 11.5 Å². The largest absolute Gasteiger partial charge is 0.507 e. The average molecular weight is 324 g/mol. The summed E-state index contributed by atoms with van der Waals surface area (Å²) in [7, 11) is 0. The molecule has 2 aromatic carbocycles. The summed E-state index contributed by atoms with van der Waals surface area (Å²) in [5, 5.41) is 20.1. The van der Waals surface area contributed by atoms with E-state index in [0.29, 0.717) is 13.1 Å². The molecule has 2 N–H and O–H groups in total. The summed E-state index contributed by atoms with van der Waals surface area (Å²) in [6.45, 7) is 8.67. The van der Waals surface area contributed by atoms with Crippen molar-refractivity contribution in [2.75, 3.05) is 13.1 Å². The molecule has 0 unspecified atom stereocenters. The lowest BCUT2D eigenvalue weighted by Crippen LogP contribution is -1.95. The molecule has 0 heterocycles. The number of phenolic OH excluding ortho intramolecular Hbond substituents is 2. The van der Waals surface area contributed by atoms with Gasteiger partial charge in [0.1, 0.15) is 11.5 Å². The molecule has 2 aromatic rings. The second-order valence-electron chi connectivity index (χ2n) is 5.99. The van der Waals surface area contributed by atoms with Crippen molar-refractivity contribution in [3.8, 4) is 11.5 Å². The first-order chi connectivity index (χ1) is 11.4. The van der Waals surface area contributed by atoms with Gasteiger partial charge in [-0.2, -0.15) is 0 Å². The number of aromatic hydroxyl groups is 2. The van der Waals surface area contributed by atoms with Gasteiger partial charge in [0, 0.05) is 23.6 Å². The monoisotopic (exact) mass is 324 g/mol. The molecule has 126 valence electrons. The van der Waals surface area contributed by atoms with Crippen LogP contribution in [-0.4, -0.2) is 35.7 Å². The highest BCUT2D eigenvalue weighted by Gasteiger charge is 2.05. The zero-order valence-corrected chi connectivity index (χ0v) is 14.7. The van der Waals surface area contributed by atoms with Crippen LogP contribution >= 0.6 is 0 Å². The van der Waals surface area contributed by atoms with Crippen LogP contribution in [-0.2, 0) is 0 Å². The minimum Gasteiger partial charge on any atom is -0.507 e. The highest BCUT2D eigenvalue weighted by atomic mass is 16.3. The molecule has 0 saturated heterocycles.